The monoisotopic (exact) mass is 171 g/mol. The fourth-order valence-electron chi connectivity index (χ4n) is 2.22. The van der Waals surface area contributed by atoms with Crippen LogP contribution < -0.4 is 5.73 Å². The summed E-state index contributed by atoms with van der Waals surface area (Å²) in [5, 5.41) is 0.762. The molecule has 1 saturated heterocycles. The van der Waals surface area contributed by atoms with Crippen LogP contribution in [-0.4, -0.2) is 16.5 Å². The molecule has 1 saturated carbocycles. The molecule has 2 atom stereocenters. The van der Waals surface area contributed by atoms with Crippen molar-refractivity contribution in [3.8, 4) is 0 Å². The van der Waals surface area contributed by atoms with Gasteiger partial charge in [0.25, 0.3) is 0 Å². The van der Waals surface area contributed by atoms with Crippen LogP contribution in [0.1, 0.15) is 33.1 Å². The van der Waals surface area contributed by atoms with Gasteiger partial charge in [-0.2, -0.15) is 11.8 Å². The Hall–Kier alpha value is 0.310. The number of hydrogen-bond acceptors (Lipinski definition) is 2. The Morgan fingerprint density at radius 3 is 2.45 bits per heavy atom. The standard InChI is InChI=1S/C9H17NS/c1-8(2)6-9(8,10)7-4-3-5-11-7/h7H,3-6,10H2,1-2H3. The van der Waals surface area contributed by atoms with Crippen LogP contribution in [0.15, 0.2) is 0 Å². The van der Waals surface area contributed by atoms with E-state index < -0.39 is 0 Å². The maximum atomic E-state index is 6.31. The Balaban J connectivity index is 2.06. The van der Waals surface area contributed by atoms with E-state index in [2.05, 4.69) is 25.6 Å². The molecule has 0 aromatic heterocycles. The lowest BCUT2D eigenvalue weighted by Crippen LogP contribution is -2.38. The van der Waals surface area contributed by atoms with Gasteiger partial charge >= 0.3 is 0 Å². The van der Waals surface area contributed by atoms with Crippen LogP contribution >= 0.6 is 11.8 Å². The minimum absolute atomic E-state index is 0.189. The summed E-state index contributed by atoms with van der Waals surface area (Å²) in [6.07, 6.45) is 3.96. The maximum absolute atomic E-state index is 6.31. The first-order valence-corrected chi connectivity index (χ1v) is 5.52. The van der Waals surface area contributed by atoms with E-state index >= 15 is 0 Å². The highest BCUT2D eigenvalue weighted by atomic mass is 32.2. The molecule has 2 N–H and O–H groups in total. The predicted molar refractivity (Wildman–Crippen MR) is 50.8 cm³/mol. The zero-order valence-electron chi connectivity index (χ0n) is 7.39. The summed E-state index contributed by atoms with van der Waals surface area (Å²) in [5.41, 5.74) is 6.92. The van der Waals surface area contributed by atoms with Gasteiger partial charge in [-0.05, 0) is 30.4 Å². The molecular formula is C9H17NS. The Bertz CT molecular complexity index is 172. The van der Waals surface area contributed by atoms with Gasteiger partial charge in [0.1, 0.15) is 0 Å². The van der Waals surface area contributed by atoms with Gasteiger partial charge < -0.3 is 5.73 Å². The van der Waals surface area contributed by atoms with Crippen LogP contribution in [0.4, 0.5) is 0 Å². The van der Waals surface area contributed by atoms with Crippen molar-refractivity contribution in [2.24, 2.45) is 11.1 Å². The van der Waals surface area contributed by atoms with Crippen LogP contribution in [0.2, 0.25) is 0 Å². The third-order valence-corrected chi connectivity index (χ3v) is 4.96. The van der Waals surface area contributed by atoms with Gasteiger partial charge in [0.2, 0.25) is 0 Å². The molecule has 1 aliphatic heterocycles. The number of nitrogens with two attached hydrogens (primary N) is 1. The van der Waals surface area contributed by atoms with Crippen molar-refractivity contribution >= 4 is 11.8 Å². The molecule has 0 aromatic carbocycles. The molecule has 1 heterocycles. The molecular weight excluding hydrogens is 154 g/mol. The van der Waals surface area contributed by atoms with Crippen molar-refractivity contribution in [1.82, 2.24) is 0 Å². The summed E-state index contributed by atoms with van der Waals surface area (Å²) in [6, 6.07) is 0. The van der Waals surface area contributed by atoms with Crippen LogP contribution in [0.5, 0.6) is 0 Å². The molecule has 1 nitrogen and oxygen atoms in total. The lowest BCUT2D eigenvalue weighted by molar-refractivity contribution is 0.469. The molecule has 0 radical (unpaired) electrons. The van der Waals surface area contributed by atoms with Crippen LogP contribution in [-0.2, 0) is 0 Å². The molecule has 2 rings (SSSR count). The normalized spacial score (nSPS) is 47.7. The SMILES string of the molecule is CC1(C)CC1(N)C1CCCS1. The van der Waals surface area contributed by atoms with E-state index in [0.29, 0.717) is 5.41 Å². The minimum Gasteiger partial charge on any atom is -0.324 e. The number of hydrogen-bond donors (Lipinski definition) is 1. The molecule has 2 fully saturated rings. The fraction of sp³-hybridized carbons (Fsp3) is 1.00. The second-order valence-electron chi connectivity index (χ2n) is 4.60. The Morgan fingerprint density at radius 2 is 2.09 bits per heavy atom. The van der Waals surface area contributed by atoms with Gasteiger partial charge in [-0.1, -0.05) is 13.8 Å². The highest BCUT2D eigenvalue weighted by Crippen LogP contribution is 2.60. The van der Waals surface area contributed by atoms with E-state index in [-0.39, 0.29) is 5.54 Å². The van der Waals surface area contributed by atoms with Crippen molar-refractivity contribution < 1.29 is 0 Å². The molecule has 0 bridgehead atoms. The quantitative estimate of drug-likeness (QED) is 0.653. The summed E-state index contributed by atoms with van der Waals surface area (Å²) in [5.74, 6) is 1.33. The van der Waals surface area contributed by atoms with E-state index in [9.17, 15) is 0 Å². The van der Waals surface area contributed by atoms with Crippen molar-refractivity contribution in [1.29, 1.82) is 0 Å². The number of rotatable bonds is 1. The van der Waals surface area contributed by atoms with E-state index in [1.807, 2.05) is 0 Å². The van der Waals surface area contributed by atoms with E-state index in [1.165, 1.54) is 25.0 Å². The molecule has 0 amide bonds. The van der Waals surface area contributed by atoms with Crippen LogP contribution in [0, 0.1) is 5.41 Å². The zero-order chi connectivity index (χ0) is 8.11. The lowest BCUT2D eigenvalue weighted by atomic mass is 9.99. The summed E-state index contributed by atoms with van der Waals surface area (Å²) in [4.78, 5) is 0. The minimum atomic E-state index is 0.189. The second kappa shape index (κ2) is 2.17. The van der Waals surface area contributed by atoms with E-state index in [4.69, 9.17) is 5.73 Å². The second-order valence-corrected chi connectivity index (χ2v) is 5.91. The molecule has 2 aliphatic rings. The molecule has 0 spiro atoms. The van der Waals surface area contributed by atoms with Crippen molar-refractivity contribution in [2.45, 2.75) is 43.9 Å². The van der Waals surface area contributed by atoms with Gasteiger partial charge in [-0.15, -0.1) is 0 Å². The van der Waals surface area contributed by atoms with Gasteiger partial charge in [0, 0.05) is 10.8 Å². The lowest BCUT2D eigenvalue weighted by Gasteiger charge is -2.21. The van der Waals surface area contributed by atoms with Gasteiger partial charge in [-0.3, -0.25) is 0 Å². The maximum Gasteiger partial charge on any atom is 0.0333 e. The third-order valence-electron chi connectivity index (χ3n) is 3.37. The first-order valence-electron chi connectivity index (χ1n) is 4.47. The molecule has 1 aliphatic carbocycles. The smallest absolute Gasteiger partial charge is 0.0333 e. The Kier molecular flexibility index (Phi) is 1.56. The zero-order valence-corrected chi connectivity index (χ0v) is 8.21. The van der Waals surface area contributed by atoms with Crippen molar-refractivity contribution in [3.63, 3.8) is 0 Å². The molecule has 2 heteroatoms. The molecule has 11 heavy (non-hydrogen) atoms. The Morgan fingerprint density at radius 1 is 1.45 bits per heavy atom. The van der Waals surface area contributed by atoms with Crippen molar-refractivity contribution in [2.75, 3.05) is 5.75 Å². The molecule has 64 valence electrons. The van der Waals surface area contributed by atoms with Crippen LogP contribution in [0.3, 0.4) is 0 Å². The van der Waals surface area contributed by atoms with Gasteiger partial charge in [0.05, 0.1) is 0 Å². The largest absolute Gasteiger partial charge is 0.324 e. The average molecular weight is 171 g/mol. The Labute approximate surface area is 73.1 Å². The summed E-state index contributed by atoms with van der Waals surface area (Å²) >= 11 is 2.09. The third kappa shape index (κ3) is 1.03. The first kappa shape index (κ1) is 7.93. The molecule has 2 unspecified atom stereocenters. The van der Waals surface area contributed by atoms with E-state index in [0.717, 1.165) is 5.25 Å². The summed E-state index contributed by atoms with van der Waals surface area (Å²) < 4.78 is 0. The molecule has 0 aromatic rings. The summed E-state index contributed by atoms with van der Waals surface area (Å²) in [6.45, 7) is 4.60. The van der Waals surface area contributed by atoms with Gasteiger partial charge in [-0.25, -0.2) is 0 Å². The number of thioether (sulfide) groups is 1. The van der Waals surface area contributed by atoms with Crippen LogP contribution in [0.25, 0.3) is 0 Å². The fourth-order valence-corrected chi connectivity index (χ4v) is 3.87. The van der Waals surface area contributed by atoms with E-state index in [1.54, 1.807) is 0 Å². The highest BCUT2D eigenvalue weighted by Gasteiger charge is 2.62. The van der Waals surface area contributed by atoms with Crippen molar-refractivity contribution in [3.05, 3.63) is 0 Å². The topological polar surface area (TPSA) is 26.0 Å². The highest BCUT2D eigenvalue weighted by molar-refractivity contribution is 8.00. The first-order chi connectivity index (χ1) is 5.06. The predicted octanol–water partition coefficient (Wildman–Crippen LogP) is 2.01. The summed E-state index contributed by atoms with van der Waals surface area (Å²) in [7, 11) is 0. The average Bonchev–Trinajstić information content (AvgIpc) is 2.36. The van der Waals surface area contributed by atoms with Gasteiger partial charge in [0.15, 0.2) is 0 Å².